The van der Waals surface area contributed by atoms with Gasteiger partial charge in [-0.25, -0.2) is 0 Å². The zero-order valence-corrected chi connectivity index (χ0v) is 9.45. The largest absolute Gasteiger partial charge is 0.264 e. The van der Waals surface area contributed by atoms with E-state index in [-0.39, 0.29) is 0 Å². The summed E-state index contributed by atoms with van der Waals surface area (Å²) in [6, 6.07) is 10.2. The molecule has 1 heterocycles. The standard InChI is InChI=1S/C12H10BrN/c1-9-4-2-6-11(13)12(9)10-5-3-7-14-8-10/h2-8H,1H3. The Morgan fingerprint density at radius 2 is 2.00 bits per heavy atom. The van der Waals surface area contributed by atoms with Crippen molar-refractivity contribution in [3.63, 3.8) is 0 Å². The predicted molar refractivity (Wildman–Crippen MR) is 62.1 cm³/mol. The van der Waals surface area contributed by atoms with E-state index in [0.717, 1.165) is 10.0 Å². The maximum absolute atomic E-state index is 4.12. The molecule has 0 saturated carbocycles. The number of rotatable bonds is 1. The number of nitrogens with zero attached hydrogens (tertiary/aromatic N) is 1. The van der Waals surface area contributed by atoms with Crippen LogP contribution in [0.4, 0.5) is 0 Å². The molecule has 70 valence electrons. The highest BCUT2D eigenvalue weighted by Crippen LogP contribution is 2.30. The Morgan fingerprint density at radius 3 is 2.64 bits per heavy atom. The van der Waals surface area contributed by atoms with Gasteiger partial charge in [-0.05, 0) is 24.6 Å². The summed E-state index contributed by atoms with van der Waals surface area (Å²) in [5.41, 5.74) is 3.63. The fourth-order valence-corrected chi connectivity index (χ4v) is 2.20. The van der Waals surface area contributed by atoms with E-state index in [9.17, 15) is 0 Å². The lowest BCUT2D eigenvalue weighted by atomic mass is 10.0. The van der Waals surface area contributed by atoms with Crippen molar-refractivity contribution < 1.29 is 0 Å². The highest BCUT2D eigenvalue weighted by Gasteiger charge is 2.04. The normalized spacial score (nSPS) is 10.1. The van der Waals surface area contributed by atoms with Gasteiger partial charge in [-0.1, -0.05) is 34.1 Å². The molecule has 2 rings (SSSR count). The maximum Gasteiger partial charge on any atom is 0.0346 e. The van der Waals surface area contributed by atoms with Gasteiger partial charge in [-0.3, -0.25) is 4.98 Å². The molecule has 0 aliphatic carbocycles. The summed E-state index contributed by atoms with van der Waals surface area (Å²) in [5.74, 6) is 0. The highest BCUT2D eigenvalue weighted by atomic mass is 79.9. The van der Waals surface area contributed by atoms with Gasteiger partial charge in [-0.15, -0.1) is 0 Å². The Morgan fingerprint density at radius 1 is 1.14 bits per heavy atom. The van der Waals surface area contributed by atoms with Crippen LogP contribution in [-0.2, 0) is 0 Å². The van der Waals surface area contributed by atoms with Crippen molar-refractivity contribution in [3.05, 3.63) is 52.8 Å². The number of halogens is 1. The topological polar surface area (TPSA) is 12.9 Å². The molecule has 0 fully saturated rings. The third-order valence-electron chi connectivity index (χ3n) is 2.17. The molecule has 1 aromatic heterocycles. The van der Waals surface area contributed by atoms with Gasteiger partial charge in [0.25, 0.3) is 0 Å². The van der Waals surface area contributed by atoms with Gasteiger partial charge in [-0.2, -0.15) is 0 Å². The van der Waals surface area contributed by atoms with Crippen molar-refractivity contribution in [2.24, 2.45) is 0 Å². The lowest BCUT2D eigenvalue weighted by molar-refractivity contribution is 1.32. The van der Waals surface area contributed by atoms with Crippen molar-refractivity contribution in [1.82, 2.24) is 4.98 Å². The van der Waals surface area contributed by atoms with Crippen molar-refractivity contribution in [1.29, 1.82) is 0 Å². The van der Waals surface area contributed by atoms with Crippen LogP contribution in [0.1, 0.15) is 5.56 Å². The van der Waals surface area contributed by atoms with E-state index < -0.39 is 0 Å². The van der Waals surface area contributed by atoms with Crippen LogP contribution in [0.15, 0.2) is 47.2 Å². The molecule has 1 aromatic carbocycles. The number of hydrogen-bond donors (Lipinski definition) is 0. The fraction of sp³-hybridized carbons (Fsp3) is 0.0833. The first-order valence-electron chi connectivity index (χ1n) is 4.44. The number of hydrogen-bond acceptors (Lipinski definition) is 1. The minimum atomic E-state index is 1.12. The molecule has 0 bridgehead atoms. The van der Waals surface area contributed by atoms with Gasteiger partial charge in [0.15, 0.2) is 0 Å². The van der Waals surface area contributed by atoms with Gasteiger partial charge >= 0.3 is 0 Å². The molecule has 0 radical (unpaired) electrons. The molecule has 0 saturated heterocycles. The Kier molecular flexibility index (Phi) is 2.64. The van der Waals surface area contributed by atoms with Crippen LogP contribution >= 0.6 is 15.9 Å². The Labute approximate surface area is 91.9 Å². The molecule has 0 spiro atoms. The van der Waals surface area contributed by atoms with Gasteiger partial charge in [0.1, 0.15) is 0 Å². The van der Waals surface area contributed by atoms with Crippen LogP contribution < -0.4 is 0 Å². The van der Waals surface area contributed by atoms with Gasteiger partial charge in [0.05, 0.1) is 0 Å². The number of aromatic nitrogens is 1. The van der Waals surface area contributed by atoms with E-state index in [4.69, 9.17) is 0 Å². The van der Waals surface area contributed by atoms with Crippen LogP contribution in [0, 0.1) is 6.92 Å². The summed E-state index contributed by atoms with van der Waals surface area (Å²) in [4.78, 5) is 4.12. The molecule has 0 unspecified atom stereocenters. The third-order valence-corrected chi connectivity index (χ3v) is 2.83. The molecule has 0 aliphatic rings. The van der Waals surface area contributed by atoms with E-state index >= 15 is 0 Å². The zero-order valence-electron chi connectivity index (χ0n) is 7.87. The summed E-state index contributed by atoms with van der Waals surface area (Å²) in [6.07, 6.45) is 3.67. The monoisotopic (exact) mass is 247 g/mol. The lowest BCUT2D eigenvalue weighted by Gasteiger charge is -2.07. The first-order chi connectivity index (χ1) is 6.79. The van der Waals surface area contributed by atoms with E-state index in [2.05, 4.69) is 46.0 Å². The Bertz CT molecular complexity index is 417. The fourth-order valence-electron chi connectivity index (χ4n) is 1.51. The van der Waals surface area contributed by atoms with E-state index in [1.165, 1.54) is 11.1 Å². The number of aryl methyl sites for hydroxylation is 1. The predicted octanol–water partition coefficient (Wildman–Crippen LogP) is 3.82. The first kappa shape index (κ1) is 9.41. The van der Waals surface area contributed by atoms with E-state index in [1.807, 2.05) is 18.3 Å². The molecule has 14 heavy (non-hydrogen) atoms. The molecule has 0 atom stereocenters. The number of benzene rings is 1. The Balaban J connectivity index is 2.63. The summed E-state index contributed by atoms with van der Waals surface area (Å²) >= 11 is 3.56. The van der Waals surface area contributed by atoms with Crippen molar-refractivity contribution >= 4 is 15.9 Å². The number of pyridine rings is 1. The van der Waals surface area contributed by atoms with E-state index in [0.29, 0.717) is 0 Å². The highest BCUT2D eigenvalue weighted by molar-refractivity contribution is 9.10. The van der Waals surface area contributed by atoms with Crippen LogP contribution in [0.2, 0.25) is 0 Å². The van der Waals surface area contributed by atoms with Crippen LogP contribution in [0.3, 0.4) is 0 Å². The van der Waals surface area contributed by atoms with Crippen LogP contribution in [0.5, 0.6) is 0 Å². The van der Waals surface area contributed by atoms with Gasteiger partial charge in [0, 0.05) is 28.0 Å². The van der Waals surface area contributed by atoms with Crippen LogP contribution in [0.25, 0.3) is 11.1 Å². The zero-order chi connectivity index (χ0) is 9.97. The molecule has 2 heteroatoms. The van der Waals surface area contributed by atoms with Crippen molar-refractivity contribution in [2.45, 2.75) is 6.92 Å². The minimum absolute atomic E-state index is 1.12. The average molecular weight is 248 g/mol. The SMILES string of the molecule is Cc1cccc(Br)c1-c1cccnc1. The van der Waals surface area contributed by atoms with Crippen LogP contribution in [-0.4, -0.2) is 4.98 Å². The van der Waals surface area contributed by atoms with Gasteiger partial charge < -0.3 is 0 Å². The minimum Gasteiger partial charge on any atom is -0.264 e. The summed E-state index contributed by atoms with van der Waals surface area (Å²) in [7, 11) is 0. The third kappa shape index (κ3) is 1.70. The molecule has 0 aliphatic heterocycles. The van der Waals surface area contributed by atoms with Gasteiger partial charge in [0.2, 0.25) is 0 Å². The molecule has 0 amide bonds. The summed E-state index contributed by atoms with van der Waals surface area (Å²) < 4.78 is 1.12. The average Bonchev–Trinajstić information content (AvgIpc) is 2.19. The second kappa shape index (κ2) is 3.93. The van der Waals surface area contributed by atoms with Crippen molar-refractivity contribution in [2.75, 3.05) is 0 Å². The lowest BCUT2D eigenvalue weighted by Crippen LogP contribution is -1.85. The Hall–Kier alpha value is -1.15. The quantitative estimate of drug-likeness (QED) is 0.747. The maximum atomic E-state index is 4.12. The summed E-state index contributed by atoms with van der Waals surface area (Å²) in [6.45, 7) is 2.10. The van der Waals surface area contributed by atoms with Crippen molar-refractivity contribution in [3.8, 4) is 11.1 Å². The second-order valence-corrected chi connectivity index (χ2v) is 4.03. The smallest absolute Gasteiger partial charge is 0.0346 e. The molecule has 1 nitrogen and oxygen atoms in total. The molecule has 0 N–H and O–H groups in total. The first-order valence-corrected chi connectivity index (χ1v) is 5.24. The summed E-state index contributed by atoms with van der Waals surface area (Å²) in [5, 5.41) is 0. The van der Waals surface area contributed by atoms with E-state index in [1.54, 1.807) is 6.20 Å². The second-order valence-electron chi connectivity index (χ2n) is 3.17. The molecular weight excluding hydrogens is 238 g/mol. The molecular formula is C12H10BrN. The molecule has 2 aromatic rings.